The van der Waals surface area contributed by atoms with Gasteiger partial charge in [-0.2, -0.15) is 0 Å². The molecule has 4 aromatic carbocycles. The minimum Gasteiger partial charge on any atom is -0.376 e. The van der Waals surface area contributed by atoms with Gasteiger partial charge in [-0.3, -0.25) is 0 Å². The van der Waals surface area contributed by atoms with Crippen LogP contribution in [0.25, 0.3) is 22.3 Å². The molecular formula is C43H54OS. The van der Waals surface area contributed by atoms with Gasteiger partial charge >= 0.3 is 0 Å². The number of fused-ring (bicyclic) bond motifs is 2. The molecule has 0 aromatic heterocycles. The molecule has 0 radical (unpaired) electrons. The standard InChI is InChI=1S/C43H54OS/c1-31-29-39-35(33-19-11-9-12-20-33)23-17-25-37(39)41(31)45(6,28-16-8-7-15-27-44-43(3,4)5)42-32(2)30-40-36(24-18-26-38(40)42)34-21-13-10-14-22-34/h9-14,17-26,31-32,41-42H,7-8,15-16,27-30H2,1-6H3. The number of ether oxygens (including phenoxy) is 1. The van der Waals surface area contributed by atoms with Crippen molar-refractivity contribution in [2.24, 2.45) is 11.8 Å². The van der Waals surface area contributed by atoms with E-state index >= 15 is 0 Å². The Morgan fingerprint density at radius 3 is 1.53 bits per heavy atom. The molecule has 2 aliphatic rings. The van der Waals surface area contributed by atoms with Crippen molar-refractivity contribution in [3.05, 3.63) is 119 Å². The third-order valence-electron chi connectivity index (χ3n) is 10.5. The Morgan fingerprint density at radius 1 is 0.600 bits per heavy atom. The maximum absolute atomic E-state index is 6.05. The van der Waals surface area contributed by atoms with E-state index in [1.54, 1.807) is 22.3 Å². The van der Waals surface area contributed by atoms with E-state index in [1.807, 2.05) is 0 Å². The molecule has 4 atom stereocenters. The molecule has 238 valence electrons. The van der Waals surface area contributed by atoms with Crippen molar-refractivity contribution in [1.82, 2.24) is 0 Å². The summed E-state index contributed by atoms with van der Waals surface area (Å²) in [6.45, 7) is 12.5. The van der Waals surface area contributed by atoms with Crippen LogP contribution in [0.1, 0.15) is 93.1 Å². The van der Waals surface area contributed by atoms with Crippen LogP contribution >= 0.6 is 10.0 Å². The highest BCUT2D eigenvalue weighted by molar-refractivity contribution is 8.33. The zero-order valence-electron chi connectivity index (χ0n) is 28.5. The van der Waals surface area contributed by atoms with Gasteiger partial charge in [0.05, 0.1) is 5.60 Å². The minimum atomic E-state index is -1.07. The zero-order valence-corrected chi connectivity index (χ0v) is 29.3. The van der Waals surface area contributed by atoms with Crippen LogP contribution in [0.3, 0.4) is 0 Å². The van der Waals surface area contributed by atoms with Crippen molar-refractivity contribution in [3.63, 3.8) is 0 Å². The zero-order chi connectivity index (χ0) is 31.6. The normalized spacial score (nSPS) is 22.9. The van der Waals surface area contributed by atoms with E-state index in [-0.39, 0.29) is 5.60 Å². The van der Waals surface area contributed by atoms with Crippen molar-refractivity contribution in [2.75, 3.05) is 18.6 Å². The van der Waals surface area contributed by atoms with Crippen LogP contribution < -0.4 is 0 Å². The summed E-state index contributed by atoms with van der Waals surface area (Å²) >= 11 is 0. The van der Waals surface area contributed by atoms with Crippen LogP contribution in [-0.2, 0) is 17.6 Å². The Kier molecular flexibility index (Phi) is 9.65. The van der Waals surface area contributed by atoms with Crippen molar-refractivity contribution in [2.45, 2.75) is 89.2 Å². The number of benzene rings is 4. The average Bonchev–Trinajstić information content (AvgIpc) is 3.56. The van der Waals surface area contributed by atoms with E-state index in [2.05, 4.69) is 138 Å². The van der Waals surface area contributed by atoms with Gasteiger partial charge in [0.2, 0.25) is 0 Å². The first kappa shape index (κ1) is 32.1. The van der Waals surface area contributed by atoms with Crippen LogP contribution in [0.2, 0.25) is 0 Å². The summed E-state index contributed by atoms with van der Waals surface area (Å²) in [5.41, 5.74) is 12.1. The summed E-state index contributed by atoms with van der Waals surface area (Å²) in [7, 11) is -1.07. The Morgan fingerprint density at radius 2 is 1.07 bits per heavy atom. The first-order valence-corrected chi connectivity index (χ1v) is 19.7. The van der Waals surface area contributed by atoms with Crippen LogP contribution in [0.4, 0.5) is 0 Å². The van der Waals surface area contributed by atoms with Crippen molar-refractivity contribution in [3.8, 4) is 22.3 Å². The Hall–Kier alpha value is -2.81. The van der Waals surface area contributed by atoms with Gasteiger partial charge in [-0.05, 0) is 115 Å². The monoisotopic (exact) mass is 618 g/mol. The molecule has 2 aliphatic carbocycles. The van der Waals surface area contributed by atoms with E-state index in [9.17, 15) is 0 Å². The summed E-state index contributed by atoms with van der Waals surface area (Å²) in [5, 5.41) is 1.25. The Labute approximate surface area is 275 Å². The summed E-state index contributed by atoms with van der Waals surface area (Å²) in [4.78, 5) is 0. The number of unbranched alkanes of at least 4 members (excludes halogenated alkanes) is 3. The van der Waals surface area contributed by atoms with Crippen LogP contribution in [0, 0.1) is 11.8 Å². The minimum absolute atomic E-state index is 0.0437. The van der Waals surface area contributed by atoms with Crippen molar-refractivity contribution >= 4 is 10.0 Å². The molecule has 0 saturated heterocycles. The lowest BCUT2D eigenvalue weighted by Crippen LogP contribution is -2.25. The summed E-state index contributed by atoms with van der Waals surface area (Å²) in [5.74, 6) is 2.65. The molecule has 0 heterocycles. The molecule has 6 rings (SSSR count). The lowest BCUT2D eigenvalue weighted by molar-refractivity contribution is -0.00470. The molecule has 0 spiro atoms. The molecule has 0 saturated carbocycles. The molecule has 45 heavy (non-hydrogen) atoms. The quantitative estimate of drug-likeness (QED) is 0.152. The van der Waals surface area contributed by atoms with Crippen molar-refractivity contribution in [1.29, 1.82) is 0 Å². The topological polar surface area (TPSA) is 9.23 Å². The second kappa shape index (κ2) is 13.5. The van der Waals surface area contributed by atoms with E-state index in [4.69, 9.17) is 4.74 Å². The fourth-order valence-corrected chi connectivity index (χ4v) is 14.3. The van der Waals surface area contributed by atoms with E-state index < -0.39 is 10.0 Å². The first-order chi connectivity index (χ1) is 21.7. The van der Waals surface area contributed by atoms with Crippen LogP contribution in [-0.4, -0.2) is 24.2 Å². The van der Waals surface area contributed by atoms with Crippen molar-refractivity contribution < 1.29 is 4.74 Å². The summed E-state index contributed by atoms with van der Waals surface area (Å²) in [6, 6.07) is 36.7. The largest absolute Gasteiger partial charge is 0.376 e. The van der Waals surface area contributed by atoms with Gasteiger partial charge in [0, 0.05) is 17.1 Å². The summed E-state index contributed by atoms with van der Waals surface area (Å²) < 4.78 is 6.05. The highest BCUT2D eigenvalue weighted by Crippen LogP contribution is 2.75. The predicted molar refractivity (Wildman–Crippen MR) is 198 cm³/mol. The van der Waals surface area contributed by atoms with Gasteiger partial charge in [0.1, 0.15) is 0 Å². The molecule has 1 nitrogen and oxygen atoms in total. The summed E-state index contributed by atoms with van der Waals surface area (Å²) in [6.07, 6.45) is 10.2. The van der Waals surface area contributed by atoms with E-state index in [0.29, 0.717) is 22.3 Å². The highest BCUT2D eigenvalue weighted by Gasteiger charge is 2.49. The van der Waals surface area contributed by atoms with Crippen LogP contribution in [0.5, 0.6) is 0 Å². The molecule has 0 fully saturated rings. The first-order valence-electron chi connectivity index (χ1n) is 17.4. The van der Waals surface area contributed by atoms with Gasteiger partial charge in [-0.25, -0.2) is 10.0 Å². The third kappa shape index (κ3) is 6.70. The Bertz CT molecular complexity index is 1460. The molecule has 0 amide bonds. The SMILES string of the molecule is CC1Cc2c(-c3ccccc3)cccc2C1S(C)(CCCCCCOC(C)(C)C)C1c2cccc(-c3ccccc3)c2CC1C. The van der Waals surface area contributed by atoms with Gasteiger partial charge in [0.15, 0.2) is 0 Å². The highest BCUT2D eigenvalue weighted by atomic mass is 32.3. The smallest absolute Gasteiger partial charge is 0.0598 e. The second-order valence-corrected chi connectivity index (χ2v) is 18.9. The average molecular weight is 619 g/mol. The third-order valence-corrected chi connectivity index (χ3v) is 15.4. The molecule has 2 heteroatoms. The van der Waals surface area contributed by atoms with Gasteiger partial charge < -0.3 is 4.74 Å². The van der Waals surface area contributed by atoms with Crippen LogP contribution in [0.15, 0.2) is 97.1 Å². The molecule has 0 aliphatic heterocycles. The molecule has 0 bridgehead atoms. The maximum atomic E-state index is 6.05. The fraction of sp³-hybridized carbons (Fsp3) is 0.442. The number of hydrogen-bond acceptors (Lipinski definition) is 1. The van der Waals surface area contributed by atoms with Gasteiger partial charge in [-0.15, -0.1) is 0 Å². The van der Waals surface area contributed by atoms with E-state index in [0.717, 1.165) is 13.0 Å². The lowest BCUT2D eigenvalue weighted by atomic mass is 9.97. The number of rotatable bonds is 11. The molecule has 4 unspecified atom stereocenters. The van der Waals surface area contributed by atoms with Gasteiger partial charge in [-0.1, -0.05) is 124 Å². The molecular weight excluding hydrogens is 565 g/mol. The maximum Gasteiger partial charge on any atom is 0.0598 e. The predicted octanol–water partition coefficient (Wildman–Crippen LogP) is 12.0. The van der Waals surface area contributed by atoms with E-state index in [1.165, 1.54) is 60.1 Å². The Balaban J connectivity index is 1.36. The lowest BCUT2D eigenvalue weighted by Gasteiger charge is -2.51. The molecule has 0 N–H and O–H groups in total. The van der Waals surface area contributed by atoms with Gasteiger partial charge in [0.25, 0.3) is 0 Å². The molecule has 4 aromatic rings. The second-order valence-electron chi connectivity index (χ2n) is 15.0. The fourth-order valence-electron chi connectivity index (χ4n) is 8.75. The number of hydrogen-bond donors (Lipinski definition) is 0.